The highest BCUT2D eigenvalue weighted by molar-refractivity contribution is 5.64. The second-order valence-corrected chi connectivity index (χ2v) is 3.57. The van der Waals surface area contributed by atoms with Crippen LogP contribution < -0.4 is 0 Å². The molecule has 2 aromatic rings. The zero-order valence-corrected chi connectivity index (χ0v) is 8.73. The van der Waals surface area contributed by atoms with Crippen LogP contribution >= 0.6 is 0 Å². The molecule has 0 saturated heterocycles. The van der Waals surface area contributed by atoms with E-state index in [9.17, 15) is 5.11 Å². The first-order chi connectivity index (χ1) is 7.29. The molecule has 0 bridgehead atoms. The fourth-order valence-corrected chi connectivity index (χ4v) is 1.58. The smallest absolute Gasteiger partial charge is 0.178 e. The Morgan fingerprint density at radius 2 is 1.27 bits per heavy atom. The lowest BCUT2D eigenvalue weighted by Crippen LogP contribution is -1.80. The molecule has 0 amide bonds. The van der Waals surface area contributed by atoms with Gasteiger partial charge >= 0.3 is 0 Å². The molecule has 1 radical (unpaired) electrons. The maximum Gasteiger partial charge on any atom is 0.178 e. The average molecular weight is 197 g/mol. The lowest BCUT2D eigenvalue weighted by Gasteiger charge is -2.02. The maximum absolute atomic E-state index is 11.0. The molecule has 0 aliphatic rings. The SMILES string of the molecule is CCc1ccc(-c2ccc([O])cc2)cc1. The van der Waals surface area contributed by atoms with Crippen LogP contribution in [0.5, 0.6) is 5.75 Å². The minimum Gasteiger partial charge on any atom is -0.290 e. The van der Waals surface area contributed by atoms with Crippen molar-refractivity contribution in [1.82, 2.24) is 0 Å². The van der Waals surface area contributed by atoms with E-state index in [-0.39, 0.29) is 5.75 Å². The van der Waals surface area contributed by atoms with Crippen molar-refractivity contribution in [1.29, 1.82) is 0 Å². The highest BCUT2D eigenvalue weighted by atomic mass is 16.3. The molecule has 0 unspecified atom stereocenters. The van der Waals surface area contributed by atoms with E-state index in [1.165, 1.54) is 5.56 Å². The van der Waals surface area contributed by atoms with E-state index in [0.717, 1.165) is 17.5 Å². The third-order valence-corrected chi connectivity index (χ3v) is 2.55. The first-order valence-corrected chi connectivity index (χ1v) is 5.16. The zero-order chi connectivity index (χ0) is 10.7. The van der Waals surface area contributed by atoms with Gasteiger partial charge in [-0.1, -0.05) is 43.3 Å². The van der Waals surface area contributed by atoms with Gasteiger partial charge in [-0.05, 0) is 35.2 Å². The predicted molar refractivity (Wildman–Crippen MR) is 61.4 cm³/mol. The molecule has 15 heavy (non-hydrogen) atoms. The van der Waals surface area contributed by atoms with Crippen molar-refractivity contribution in [2.75, 3.05) is 0 Å². The van der Waals surface area contributed by atoms with Crippen molar-refractivity contribution in [3.05, 3.63) is 54.1 Å². The van der Waals surface area contributed by atoms with E-state index in [1.807, 2.05) is 12.1 Å². The van der Waals surface area contributed by atoms with Crippen molar-refractivity contribution >= 4 is 0 Å². The monoisotopic (exact) mass is 197 g/mol. The van der Waals surface area contributed by atoms with Gasteiger partial charge in [-0.2, -0.15) is 0 Å². The molecule has 0 aliphatic carbocycles. The van der Waals surface area contributed by atoms with E-state index in [2.05, 4.69) is 31.2 Å². The summed E-state index contributed by atoms with van der Waals surface area (Å²) in [4.78, 5) is 0. The van der Waals surface area contributed by atoms with Crippen LogP contribution in [0, 0.1) is 0 Å². The largest absolute Gasteiger partial charge is 0.290 e. The van der Waals surface area contributed by atoms with Gasteiger partial charge in [0.05, 0.1) is 0 Å². The van der Waals surface area contributed by atoms with E-state index >= 15 is 0 Å². The lowest BCUT2D eigenvalue weighted by molar-refractivity contribution is 0.355. The topological polar surface area (TPSA) is 19.9 Å². The predicted octanol–water partition coefficient (Wildman–Crippen LogP) is 4.06. The van der Waals surface area contributed by atoms with Crippen LogP contribution in [0.2, 0.25) is 0 Å². The van der Waals surface area contributed by atoms with Crippen molar-refractivity contribution in [2.45, 2.75) is 13.3 Å². The van der Waals surface area contributed by atoms with Crippen molar-refractivity contribution in [2.24, 2.45) is 0 Å². The Morgan fingerprint density at radius 1 is 0.800 bits per heavy atom. The molecule has 75 valence electrons. The summed E-state index contributed by atoms with van der Waals surface area (Å²) < 4.78 is 0. The van der Waals surface area contributed by atoms with Gasteiger partial charge in [0.15, 0.2) is 5.75 Å². The standard InChI is InChI=1S/C14H13O/c1-2-11-3-5-12(6-4-11)13-7-9-14(15)10-8-13/h3-10H,2H2,1H3. The van der Waals surface area contributed by atoms with Crippen LogP contribution in [0.25, 0.3) is 11.1 Å². The minimum atomic E-state index is 0.0592. The van der Waals surface area contributed by atoms with E-state index in [4.69, 9.17) is 0 Å². The molecular formula is C14H13O. The van der Waals surface area contributed by atoms with Crippen molar-refractivity contribution in [3.8, 4) is 16.9 Å². The number of benzene rings is 2. The van der Waals surface area contributed by atoms with Crippen LogP contribution in [0.3, 0.4) is 0 Å². The zero-order valence-electron chi connectivity index (χ0n) is 8.73. The fourth-order valence-electron chi connectivity index (χ4n) is 1.58. The van der Waals surface area contributed by atoms with Gasteiger partial charge in [-0.3, -0.25) is 5.11 Å². The molecule has 0 aromatic heterocycles. The van der Waals surface area contributed by atoms with Gasteiger partial charge in [0.2, 0.25) is 0 Å². The highest BCUT2D eigenvalue weighted by Gasteiger charge is 1.97. The normalized spacial score (nSPS) is 10.2. The van der Waals surface area contributed by atoms with Crippen LogP contribution in [-0.4, -0.2) is 0 Å². The third kappa shape index (κ3) is 2.18. The van der Waals surface area contributed by atoms with Crippen molar-refractivity contribution in [3.63, 3.8) is 0 Å². The summed E-state index contributed by atoms with van der Waals surface area (Å²) in [6.07, 6.45) is 1.06. The quantitative estimate of drug-likeness (QED) is 0.692. The van der Waals surface area contributed by atoms with Gasteiger partial charge in [-0.15, -0.1) is 0 Å². The van der Waals surface area contributed by atoms with E-state index in [0.29, 0.717) is 0 Å². The molecular weight excluding hydrogens is 184 g/mol. The molecule has 0 aliphatic heterocycles. The molecule has 1 nitrogen and oxygen atoms in total. The van der Waals surface area contributed by atoms with Gasteiger partial charge in [0.25, 0.3) is 0 Å². The number of hydrogen-bond donors (Lipinski definition) is 0. The molecule has 2 rings (SSSR count). The Bertz CT molecular complexity index is 426. The summed E-state index contributed by atoms with van der Waals surface area (Å²) in [5, 5.41) is 11.0. The van der Waals surface area contributed by atoms with Crippen LogP contribution in [-0.2, 0) is 11.5 Å². The lowest BCUT2D eigenvalue weighted by atomic mass is 10.0. The molecule has 0 spiro atoms. The molecule has 0 heterocycles. The first kappa shape index (κ1) is 9.78. The van der Waals surface area contributed by atoms with Gasteiger partial charge in [-0.25, -0.2) is 0 Å². The molecule has 2 aromatic carbocycles. The molecule has 0 fully saturated rings. The third-order valence-electron chi connectivity index (χ3n) is 2.55. The summed E-state index contributed by atoms with van der Waals surface area (Å²) in [7, 11) is 0. The minimum absolute atomic E-state index is 0.0592. The summed E-state index contributed by atoms with van der Waals surface area (Å²) in [5.74, 6) is 0.0592. The van der Waals surface area contributed by atoms with Crippen LogP contribution in [0.4, 0.5) is 0 Å². The van der Waals surface area contributed by atoms with Gasteiger partial charge in [0.1, 0.15) is 0 Å². The Balaban J connectivity index is 2.33. The fraction of sp³-hybridized carbons (Fsp3) is 0.143. The molecule has 0 N–H and O–H groups in total. The summed E-state index contributed by atoms with van der Waals surface area (Å²) in [5.41, 5.74) is 3.59. The van der Waals surface area contributed by atoms with Gasteiger partial charge < -0.3 is 0 Å². The van der Waals surface area contributed by atoms with Gasteiger partial charge in [0, 0.05) is 0 Å². The second kappa shape index (κ2) is 4.18. The Morgan fingerprint density at radius 3 is 1.73 bits per heavy atom. The average Bonchev–Trinajstić information content (AvgIpc) is 2.30. The summed E-state index contributed by atoms with van der Waals surface area (Å²) in [6, 6.07) is 15.4. The van der Waals surface area contributed by atoms with E-state index in [1.54, 1.807) is 12.1 Å². The Labute approximate surface area is 90.0 Å². The van der Waals surface area contributed by atoms with E-state index < -0.39 is 0 Å². The molecule has 1 heteroatoms. The second-order valence-electron chi connectivity index (χ2n) is 3.57. The number of hydrogen-bond acceptors (Lipinski definition) is 0. The molecule has 0 saturated carbocycles. The van der Waals surface area contributed by atoms with Crippen LogP contribution in [0.1, 0.15) is 12.5 Å². The molecule has 0 atom stereocenters. The number of aryl methyl sites for hydroxylation is 1. The highest BCUT2D eigenvalue weighted by Crippen LogP contribution is 2.22. The first-order valence-electron chi connectivity index (χ1n) is 5.16. The summed E-state index contributed by atoms with van der Waals surface area (Å²) in [6.45, 7) is 2.14. The Hall–Kier alpha value is -1.76. The van der Waals surface area contributed by atoms with Crippen LogP contribution in [0.15, 0.2) is 48.5 Å². The maximum atomic E-state index is 11.0. The van der Waals surface area contributed by atoms with Crippen molar-refractivity contribution < 1.29 is 5.11 Å². The Kier molecular flexibility index (Phi) is 2.72. The number of rotatable bonds is 2. The summed E-state index contributed by atoms with van der Waals surface area (Å²) >= 11 is 0.